The molecule has 4 atom stereocenters. The van der Waals surface area contributed by atoms with Gasteiger partial charge < -0.3 is 20.6 Å². The van der Waals surface area contributed by atoms with Crippen molar-refractivity contribution in [3.8, 4) is 0 Å². The molecule has 1 fully saturated rings. The quantitative estimate of drug-likeness (QED) is 0.533. The molecule has 134 valence electrons. The van der Waals surface area contributed by atoms with Crippen molar-refractivity contribution < 1.29 is 20.1 Å². The van der Waals surface area contributed by atoms with Crippen molar-refractivity contribution in [3.63, 3.8) is 0 Å². The maximum atomic E-state index is 11.5. The predicted octanol–water partition coefficient (Wildman–Crippen LogP) is -0.0877. The molecular formula is C18H28N2O4. The second-order valence-electron chi connectivity index (χ2n) is 6.28. The summed E-state index contributed by atoms with van der Waals surface area (Å²) in [7, 11) is 0. The molecule has 24 heavy (non-hydrogen) atoms. The molecule has 1 aromatic rings. The molecule has 1 saturated heterocycles. The molecule has 6 nitrogen and oxygen atoms in total. The molecule has 0 bridgehead atoms. The minimum atomic E-state index is -1.00. The average molecular weight is 336 g/mol. The monoisotopic (exact) mass is 336 g/mol. The van der Waals surface area contributed by atoms with Crippen molar-refractivity contribution in [2.24, 2.45) is 0 Å². The zero-order chi connectivity index (χ0) is 17.5. The molecule has 0 spiro atoms. The van der Waals surface area contributed by atoms with Crippen LogP contribution in [0.5, 0.6) is 0 Å². The van der Waals surface area contributed by atoms with E-state index in [0.29, 0.717) is 13.0 Å². The van der Waals surface area contributed by atoms with E-state index in [9.17, 15) is 20.1 Å². The van der Waals surface area contributed by atoms with Crippen LogP contribution >= 0.6 is 0 Å². The number of rotatable bonds is 8. The largest absolute Gasteiger partial charge is 0.395 e. The lowest BCUT2D eigenvalue weighted by Gasteiger charge is -2.29. The lowest BCUT2D eigenvalue weighted by Crippen LogP contribution is -2.47. The zero-order valence-corrected chi connectivity index (χ0v) is 14.1. The van der Waals surface area contributed by atoms with E-state index in [1.165, 1.54) is 5.56 Å². The third-order valence-electron chi connectivity index (χ3n) is 4.73. The highest BCUT2D eigenvalue weighted by atomic mass is 16.3. The number of aryl methyl sites for hydroxylation is 1. The second kappa shape index (κ2) is 9.13. The van der Waals surface area contributed by atoms with E-state index >= 15 is 0 Å². The molecule has 2 rings (SSSR count). The molecule has 1 aliphatic rings. The van der Waals surface area contributed by atoms with Crippen LogP contribution in [0.15, 0.2) is 30.3 Å². The summed E-state index contributed by atoms with van der Waals surface area (Å²) in [5, 5.41) is 32.8. The number of likely N-dealkylation sites (tertiary alicyclic amines) is 1. The van der Waals surface area contributed by atoms with Crippen LogP contribution in [-0.4, -0.2) is 70.1 Å². The van der Waals surface area contributed by atoms with Crippen LogP contribution in [-0.2, 0) is 11.2 Å². The summed E-state index contributed by atoms with van der Waals surface area (Å²) in [5.41, 5.74) is 1.23. The van der Waals surface area contributed by atoms with Gasteiger partial charge >= 0.3 is 0 Å². The fourth-order valence-corrected chi connectivity index (χ4v) is 3.33. The number of hydrogen-bond acceptors (Lipinski definition) is 5. The topological polar surface area (TPSA) is 93.0 Å². The van der Waals surface area contributed by atoms with Crippen molar-refractivity contribution in [2.75, 3.05) is 19.7 Å². The van der Waals surface area contributed by atoms with Crippen molar-refractivity contribution in [1.82, 2.24) is 10.2 Å². The Morgan fingerprint density at radius 2 is 1.83 bits per heavy atom. The summed E-state index contributed by atoms with van der Waals surface area (Å²) >= 11 is 0. The first-order chi connectivity index (χ1) is 11.6. The number of nitrogens with one attached hydrogen (secondary N) is 1. The number of carbonyl (C=O) groups excluding carboxylic acids is 1. The molecule has 1 amide bonds. The lowest BCUT2D eigenvalue weighted by molar-refractivity contribution is -0.121. The first kappa shape index (κ1) is 18.9. The van der Waals surface area contributed by atoms with Gasteiger partial charge in [-0.25, -0.2) is 0 Å². The summed E-state index contributed by atoms with van der Waals surface area (Å²) in [6, 6.07) is 9.22. The number of carbonyl (C=O) groups is 1. The predicted molar refractivity (Wildman–Crippen MR) is 91.4 cm³/mol. The van der Waals surface area contributed by atoms with Gasteiger partial charge in [-0.05, 0) is 24.9 Å². The van der Waals surface area contributed by atoms with Crippen molar-refractivity contribution in [1.29, 1.82) is 0 Å². The smallest absolute Gasteiger partial charge is 0.219 e. The summed E-state index contributed by atoms with van der Waals surface area (Å²) in [6.07, 6.45) is 0.128. The summed E-state index contributed by atoms with van der Waals surface area (Å²) < 4.78 is 0. The Bertz CT molecular complexity index is 511. The van der Waals surface area contributed by atoms with Crippen LogP contribution in [0.1, 0.15) is 25.3 Å². The van der Waals surface area contributed by atoms with Gasteiger partial charge in [0.2, 0.25) is 5.91 Å². The first-order valence-electron chi connectivity index (χ1n) is 8.61. The Kier molecular flexibility index (Phi) is 7.17. The molecule has 0 radical (unpaired) electrons. The fourth-order valence-electron chi connectivity index (χ4n) is 3.33. The normalized spacial score (nSPS) is 27.3. The standard InChI is InChI=1S/C18H28N2O4/c1-2-16(22)19-11-14-17(23)18(24)15(12-21)20(14)10-6-9-13-7-4-3-5-8-13/h3-5,7-8,14-15,17-18,21,23-24H,2,6,9-12H2,1H3,(H,19,22)/t14-,15-,17-,18-/m1/s1. The maximum Gasteiger partial charge on any atom is 0.219 e. The van der Waals surface area contributed by atoms with Gasteiger partial charge in [0.1, 0.15) is 0 Å². The molecule has 0 unspecified atom stereocenters. The van der Waals surface area contributed by atoms with Gasteiger partial charge in [-0.2, -0.15) is 0 Å². The highest BCUT2D eigenvalue weighted by Gasteiger charge is 2.46. The van der Waals surface area contributed by atoms with Gasteiger partial charge in [-0.1, -0.05) is 37.3 Å². The van der Waals surface area contributed by atoms with Crippen LogP contribution in [0.25, 0.3) is 0 Å². The van der Waals surface area contributed by atoms with Gasteiger partial charge in [0.05, 0.1) is 30.9 Å². The molecule has 6 heteroatoms. The molecular weight excluding hydrogens is 308 g/mol. The van der Waals surface area contributed by atoms with E-state index in [4.69, 9.17) is 0 Å². The molecule has 4 N–H and O–H groups in total. The van der Waals surface area contributed by atoms with Crippen LogP contribution in [0.3, 0.4) is 0 Å². The van der Waals surface area contributed by atoms with Gasteiger partial charge in [0.25, 0.3) is 0 Å². The maximum absolute atomic E-state index is 11.5. The molecule has 0 aliphatic carbocycles. The summed E-state index contributed by atoms with van der Waals surface area (Å²) in [5.74, 6) is -0.0895. The molecule has 0 aromatic heterocycles. The highest BCUT2D eigenvalue weighted by Crippen LogP contribution is 2.25. The highest BCUT2D eigenvalue weighted by molar-refractivity contribution is 5.75. The van der Waals surface area contributed by atoms with E-state index < -0.39 is 18.2 Å². The van der Waals surface area contributed by atoms with Gasteiger partial charge in [0, 0.05) is 13.0 Å². The Morgan fingerprint density at radius 1 is 1.17 bits per heavy atom. The Hall–Kier alpha value is -1.47. The van der Waals surface area contributed by atoms with Gasteiger partial charge in [-0.3, -0.25) is 9.69 Å². The Labute approximate surface area is 143 Å². The number of hydrogen-bond donors (Lipinski definition) is 4. The minimum Gasteiger partial charge on any atom is -0.395 e. The van der Waals surface area contributed by atoms with E-state index in [-0.39, 0.29) is 25.1 Å². The van der Waals surface area contributed by atoms with E-state index in [2.05, 4.69) is 17.4 Å². The van der Waals surface area contributed by atoms with E-state index in [1.54, 1.807) is 6.92 Å². The fraction of sp³-hybridized carbons (Fsp3) is 0.611. The third-order valence-corrected chi connectivity index (χ3v) is 4.73. The van der Waals surface area contributed by atoms with Crippen molar-refractivity contribution in [3.05, 3.63) is 35.9 Å². The lowest BCUT2D eigenvalue weighted by atomic mass is 10.1. The number of aliphatic hydroxyl groups excluding tert-OH is 3. The number of amides is 1. The minimum absolute atomic E-state index is 0.0895. The first-order valence-corrected chi connectivity index (χ1v) is 8.61. The SMILES string of the molecule is CCC(=O)NC[C@@H]1[C@@H](O)[C@H](O)[C@@H](CO)N1CCCc1ccccc1. The van der Waals surface area contributed by atoms with E-state index in [0.717, 1.165) is 12.8 Å². The summed E-state index contributed by atoms with van der Waals surface area (Å²) in [4.78, 5) is 13.4. The van der Waals surface area contributed by atoms with E-state index in [1.807, 2.05) is 23.1 Å². The van der Waals surface area contributed by atoms with Gasteiger partial charge in [0.15, 0.2) is 0 Å². The van der Waals surface area contributed by atoms with Gasteiger partial charge in [-0.15, -0.1) is 0 Å². The Balaban J connectivity index is 1.96. The van der Waals surface area contributed by atoms with Crippen LogP contribution < -0.4 is 5.32 Å². The third kappa shape index (κ3) is 4.54. The Morgan fingerprint density at radius 3 is 2.46 bits per heavy atom. The average Bonchev–Trinajstić information content (AvgIpc) is 2.84. The number of aliphatic hydroxyl groups is 3. The van der Waals surface area contributed by atoms with Crippen LogP contribution in [0.4, 0.5) is 0 Å². The zero-order valence-electron chi connectivity index (χ0n) is 14.1. The van der Waals surface area contributed by atoms with Crippen molar-refractivity contribution >= 4 is 5.91 Å². The molecule has 1 aliphatic heterocycles. The summed E-state index contributed by atoms with van der Waals surface area (Å²) in [6.45, 7) is 2.46. The number of nitrogens with zero attached hydrogens (tertiary/aromatic N) is 1. The van der Waals surface area contributed by atoms with Crippen LogP contribution in [0.2, 0.25) is 0 Å². The molecule has 1 heterocycles. The van der Waals surface area contributed by atoms with Crippen molar-refractivity contribution in [2.45, 2.75) is 50.5 Å². The molecule has 0 saturated carbocycles. The molecule has 1 aromatic carbocycles. The second-order valence-corrected chi connectivity index (χ2v) is 6.28. The number of benzene rings is 1. The van der Waals surface area contributed by atoms with Crippen LogP contribution in [0, 0.1) is 0 Å².